The van der Waals surface area contributed by atoms with Crippen LogP contribution < -0.4 is 5.32 Å². The molecule has 1 aromatic rings. The summed E-state index contributed by atoms with van der Waals surface area (Å²) in [6.07, 6.45) is 3.20. The van der Waals surface area contributed by atoms with Crippen LogP contribution in [0.3, 0.4) is 0 Å². The van der Waals surface area contributed by atoms with E-state index in [9.17, 15) is 13.2 Å². The second kappa shape index (κ2) is 8.27. The van der Waals surface area contributed by atoms with Crippen molar-refractivity contribution in [2.45, 2.75) is 36.9 Å². The van der Waals surface area contributed by atoms with E-state index in [1.165, 1.54) is 16.4 Å². The Labute approximate surface area is 148 Å². The van der Waals surface area contributed by atoms with Gasteiger partial charge in [0.15, 0.2) is 6.29 Å². The molecule has 0 aliphatic carbocycles. The molecule has 7 nitrogen and oxygen atoms in total. The van der Waals surface area contributed by atoms with Crippen LogP contribution >= 0.6 is 0 Å². The first-order valence-electron chi connectivity index (χ1n) is 8.69. The fraction of sp³-hybridized carbons (Fsp3) is 0.588. The van der Waals surface area contributed by atoms with Crippen LogP contribution in [0.5, 0.6) is 0 Å². The van der Waals surface area contributed by atoms with Crippen LogP contribution in [0, 0.1) is 0 Å². The van der Waals surface area contributed by atoms with E-state index in [-0.39, 0.29) is 17.1 Å². The van der Waals surface area contributed by atoms with Gasteiger partial charge in [0, 0.05) is 31.6 Å². The summed E-state index contributed by atoms with van der Waals surface area (Å²) >= 11 is 0. The molecule has 0 saturated carbocycles. The molecule has 25 heavy (non-hydrogen) atoms. The summed E-state index contributed by atoms with van der Waals surface area (Å²) in [7, 11) is -3.46. The molecule has 0 aromatic heterocycles. The molecule has 2 saturated heterocycles. The summed E-state index contributed by atoms with van der Waals surface area (Å²) < 4.78 is 37.3. The van der Waals surface area contributed by atoms with Crippen molar-refractivity contribution in [3.05, 3.63) is 29.8 Å². The monoisotopic (exact) mass is 368 g/mol. The largest absolute Gasteiger partial charge is 0.352 e. The molecular formula is C17H24N2O5S. The number of nitrogens with one attached hydrogen (secondary N) is 1. The van der Waals surface area contributed by atoms with Crippen LogP contribution in [0.2, 0.25) is 0 Å². The van der Waals surface area contributed by atoms with Crippen molar-refractivity contribution in [3.63, 3.8) is 0 Å². The van der Waals surface area contributed by atoms with E-state index in [0.29, 0.717) is 44.8 Å². The van der Waals surface area contributed by atoms with Crippen molar-refractivity contribution in [1.29, 1.82) is 0 Å². The van der Waals surface area contributed by atoms with Crippen molar-refractivity contribution in [2.75, 3.05) is 32.8 Å². The van der Waals surface area contributed by atoms with Gasteiger partial charge in [-0.3, -0.25) is 4.79 Å². The lowest BCUT2D eigenvalue weighted by atomic mass is 10.2. The molecule has 0 spiro atoms. The number of piperidine rings is 1. The Hall–Kier alpha value is -1.48. The normalized spacial score (nSPS) is 19.8. The number of sulfonamides is 1. The summed E-state index contributed by atoms with van der Waals surface area (Å²) in [5.74, 6) is -0.236. The highest BCUT2D eigenvalue weighted by atomic mass is 32.2. The molecule has 0 unspecified atom stereocenters. The minimum atomic E-state index is -3.46. The number of nitrogens with zero attached hydrogens (tertiary/aromatic N) is 1. The summed E-state index contributed by atoms with van der Waals surface area (Å²) in [6, 6.07) is 6.10. The molecule has 2 fully saturated rings. The van der Waals surface area contributed by atoms with Crippen LogP contribution in [0.1, 0.15) is 36.0 Å². The van der Waals surface area contributed by atoms with Crippen LogP contribution in [0.4, 0.5) is 0 Å². The molecule has 2 aliphatic heterocycles. The third-order valence-corrected chi connectivity index (χ3v) is 6.34. The predicted molar refractivity (Wildman–Crippen MR) is 91.7 cm³/mol. The number of carbonyl (C=O) groups excluding carboxylic acids is 1. The standard InChI is InChI=1S/C17H24N2O5S/c20-17(18-9-8-16-23-12-13-24-16)14-4-6-15(7-5-14)25(21,22)19-10-2-1-3-11-19/h4-7,16H,1-3,8-13H2,(H,18,20). The zero-order chi connectivity index (χ0) is 17.7. The molecule has 2 aliphatic rings. The lowest BCUT2D eigenvalue weighted by Crippen LogP contribution is -2.35. The zero-order valence-electron chi connectivity index (χ0n) is 14.1. The maximum absolute atomic E-state index is 12.6. The van der Waals surface area contributed by atoms with Crippen molar-refractivity contribution in [3.8, 4) is 0 Å². The second-order valence-electron chi connectivity index (χ2n) is 6.20. The number of ether oxygens (including phenoxy) is 2. The number of hydrogen-bond donors (Lipinski definition) is 1. The molecule has 2 heterocycles. The lowest BCUT2D eigenvalue weighted by molar-refractivity contribution is -0.0455. The van der Waals surface area contributed by atoms with Crippen molar-refractivity contribution >= 4 is 15.9 Å². The Kier molecular flexibility index (Phi) is 6.06. The number of carbonyl (C=O) groups is 1. The Morgan fingerprint density at radius 3 is 2.36 bits per heavy atom. The van der Waals surface area contributed by atoms with E-state index in [1.807, 2.05) is 0 Å². The minimum Gasteiger partial charge on any atom is -0.352 e. The van der Waals surface area contributed by atoms with E-state index in [0.717, 1.165) is 19.3 Å². The van der Waals surface area contributed by atoms with Gasteiger partial charge in [-0.15, -0.1) is 0 Å². The van der Waals surface area contributed by atoms with Crippen LogP contribution in [0.25, 0.3) is 0 Å². The van der Waals surface area contributed by atoms with Gasteiger partial charge in [0.1, 0.15) is 0 Å². The fourth-order valence-corrected chi connectivity index (χ4v) is 4.53. The number of rotatable bonds is 6. The van der Waals surface area contributed by atoms with Gasteiger partial charge in [0.05, 0.1) is 18.1 Å². The predicted octanol–water partition coefficient (Wildman–Crippen LogP) is 1.35. The third-order valence-electron chi connectivity index (χ3n) is 4.43. The van der Waals surface area contributed by atoms with Gasteiger partial charge in [-0.05, 0) is 37.1 Å². The van der Waals surface area contributed by atoms with Gasteiger partial charge in [0.25, 0.3) is 5.91 Å². The van der Waals surface area contributed by atoms with Gasteiger partial charge < -0.3 is 14.8 Å². The Balaban J connectivity index is 1.56. The van der Waals surface area contributed by atoms with Gasteiger partial charge in [0.2, 0.25) is 10.0 Å². The van der Waals surface area contributed by atoms with Gasteiger partial charge in [-0.25, -0.2) is 8.42 Å². The highest BCUT2D eigenvalue weighted by Gasteiger charge is 2.26. The summed E-state index contributed by atoms with van der Waals surface area (Å²) in [4.78, 5) is 12.4. The van der Waals surface area contributed by atoms with Gasteiger partial charge >= 0.3 is 0 Å². The second-order valence-corrected chi connectivity index (χ2v) is 8.14. The highest BCUT2D eigenvalue weighted by Crippen LogP contribution is 2.20. The number of hydrogen-bond acceptors (Lipinski definition) is 5. The quantitative estimate of drug-likeness (QED) is 0.819. The van der Waals surface area contributed by atoms with E-state index in [1.54, 1.807) is 12.1 Å². The number of benzene rings is 1. The molecule has 0 radical (unpaired) electrons. The molecule has 1 amide bonds. The molecule has 138 valence electrons. The van der Waals surface area contributed by atoms with Crippen LogP contribution in [-0.4, -0.2) is 57.8 Å². The Morgan fingerprint density at radius 1 is 1.08 bits per heavy atom. The molecule has 1 N–H and O–H groups in total. The SMILES string of the molecule is O=C(NCCC1OCCO1)c1ccc(S(=O)(=O)N2CCCCC2)cc1. The van der Waals surface area contributed by atoms with Crippen LogP contribution in [-0.2, 0) is 19.5 Å². The minimum absolute atomic E-state index is 0.235. The van der Waals surface area contributed by atoms with Crippen molar-refractivity contribution in [2.24, 2.45) is 0 Å². The summed E-state index contributed by atoms with van der Waals surface area (Å²) in [6.45, 7) is 2.75. The van der Waals surface area contributed by atoms with Crippen molar-refractivity contribution < 1.29 is 22.7 Å². The smallest absolute Gasteiger partial charge is 0.251 e. The Morgan fingerprint density at radius 2 is 1.72 bits per heavy atom. The van der Waals surface area contributed by atoms with E-state index in [4.69, 9.17) is 9.47 Å². The zero-order valence-corrected chi connectivity index (χ0v) is 15.0. The summed E-state index contributed by atoms with van der Waals surface area (Å²) in [5.41, 5.74) is 0.436. The first-order chi connectivity index (χ1) is 12.1. The maximum atomic E-state index is 12.6. The van der Waals surface area contributed by atoms with Crippen molar-refractivity contribution in [1.82, 2.24) is 9.62 Å². The Bertz CT molecular complexity index is 677. The average Bonchev–Trinajstić information content (AvgIpc) is 3.16. The molecule has 1 aromatic carbocycles. The summed E-state index contributed by atoms with van der Waals surface area (Å²) in [5, 5.41) is 2.79. The molecule has 3 rings (SSSR count). The first kappa shape index (κ1) is 18.3. The highest BCUT2D eigenvalue weighted by molar-refractivity contribution is 7.89. The third kappa shape index (κ3) is 4.58. The molecule has 0 atom stereocenters. The average molecular weight is 368 g/mol. The number of amides is 1. The van der Waals surface area contributed by atoms with E-state index < -0.39 is 10.0 Å². The van der Waals surface area contributed by atoms with Crippen LogP contribution in [0.15, 0.2) is 29.2 Å². The molecule has 0 bridgehead atoms. The topological polar surface area (TPSA) is 84.9 Å². The van der Waals surface area contributed by atoms with Gasteiger partial charge in [-0.1, -0.05) is 6.42 Å². The maximum Gasteiger partial charge on any atom is 0.251 e. The first-order valence-corrected chi connectivity index (χ1v) is 10.1. The van der Waals surface area contributed by atoms with Gasteiger partial charge in [-0.2, -0.15) is 4.31 Å². The molecular weight excluding hydrogens is 344 g/mol. The lowest BCUT2D eigenvalue weighted by Gasteiger charge is -2.25. The van der Waals surface area contributed by atoms with E-state index >= 15 is 0 Å². The fourth-order valence-electron chi connectivity index (χ4n) is 3.01. The van der Waals surface area contributed by atoms with E-state index in [2.05, 4.69) is 5.32 Å². The molecule has 8 heteroatoms.